The van der Waals surface area contributed by atoms with Gasteiger partial charge in [0.1, 0.15) is 11.3 Å². The lowest BCUT2D eigenvalue weighted by atomic mass is 10.1. The zero-order valence-corrected chi connectivity index (χ0v) is 8.24. The van der Waals surface area contributed by atoms with E-state index in [4.69, 9.17) is 15.7 Å². The van der Waals surface area contributed by atoms with E-state index in [-0.39, 0.29) is 11.3 Å². The first-order valence-electron chi connectivity index (χ1n) is 4.11. The highest BCUT2D eigenvalue weighted by molar-refractivity contribution is 6.00. The summed E-state index contributed by atoms with van der Waals surface area (Å²) in [5.74, 6) is -3.44. The van der Waals surface area contributed by atoms with Crippen LogP contribution in [0.25, 0.3) is 0 Å². The van der Waals surface area contributed by atoms with Gasteiger partial charge in [-0.25, -0.2) is 9.18 Å². The van der Waals surface area contributed by atoms with Crippen molar-refractivity contribution in [2.24, 2.45) is 0 Å². The summed E-state index contributed by atoms with van der Waals surface area (Å²) < 4.78 is 18.3. The molecule has 6 nitrogen and oxygen atoms in total. The summed E-state index contributed by atoms with van der Waals surface area (Å²) in [6.07, 6.45) is 0. The van der Waals surface area contributed by atoms with Gasteiger partial charge in [-0.1, -0.05) is 0 Å². The molecule has 0 aromatic heterocycles. The number of ether oxygens (including phenoxy) is 1. The minimum absolute atomic E-state index is 0.153. The molecule has 0 saturated heterocycles. The number of halogens is 1. The van der Waals surface area contributed by atoms with Crippen molar-refractivity contribution >= 4 is 11.8 Å². The minimum atomic E-state index is -1.51. The molecule has 0 aliphatic carbocycles. The van der Waals surface area contributed by atoms with Crippen LogP contribution in [0.15, 0.2) is 12.1 Å². The number of nitrogens with one attached hydrogen (secondary N) is 2. The highest BCUT2D eigenvalue weighted by Crippen LogP contribution is 2.24. The van der Waals surface area contributed by atoms with E-state index in [2.05, 4.69) is 4.74 Å². The van der Waals surface area contributed by atoms with Crippen molar-refractivity contribution < 1.29 is 24.2 Å². The second kappa shape index (κ2) is 4.58. The molecular weight excluding hydrogens is 219 g/mol. The Bertz CT molecular complexity index is 447. The summed E-state index contributed by atoms with van der Waals surface area (Å²) in [7, 11) is 1.20. The number of benzene rings is 1. The van der Waals surface area contributed by atoms with Gasteiger partial charge in [-0.3, -0.25) is 16.1 Å². The fourth-order valence-corrected chi connectivity index (χ4v) is 1.18. The van der Waals surface area contributed by atoms with E-state index in [1.807, 2.05) is 0 Å². The first-order chi connectivity index (χ1) is 7.52. The van der Waals surface area contributed by atoms with Gasteiger partial charge in [-0.15, -0.1) is 0 Å². The number of carbonyl (C=O) groups is 1. The Morgan fingerprint density at radius 3 is 2.62 bits per heavy atom. The molecule has 0 amide bonds. The van der Waals surface area contributed by atoms with Gasteiger partial charge in [0, 0.05) is 0 Å². The van der Waals surface area contributed by atoms with E-state index in [9.17, 15) is 9.18 Å². The third kappa shape index (κ3) is 1.94. The molecule has 1 rings (SSSR count). The second-order valence-corrected chi connectivity index (χ2v) is 2.80. The molecule has 1 aromatic rings. The molecule has 0 radical (unpaired) electrons. The Kier molecular flexibility index (Phi) is 3.41. The molecule has 7 heteroatoms. The molecule has 0 aliphatic rings. The van der Waals surface area contributed by atoms with Crippen molar-refractivity contribution in [3.63, 3.8) is 0 Å². The molecule has 0 spiro atoms. The highest BCUT2D eigenvalue weighted by Gasteiger charge is 2.21. The average molecular weight is 228 g/mol. The molecule has 0 heterocycles. The lowest BCUT2D eigenvalue weighted by Crippen LogP contribution is -2.21. The van der Waals surface area contributed by atoms with Crippen molar-refractivity contribution in [2.45, 2.75) is 0 Å². The third-order valence-electron chi connectivity index (χ3n) is 1.92. The SMILES string of the molecule is COc1ccc(C(=N)NO)c(F)c1C(=O)O. The lowest BCUT2D eigenvalue weighted by Gasteiger charge is -2.09. The van der Waals surface area contributed by atoms with Crippen LogP contribution in [0.1, 0.15) is 15.9 Å². The number of methoxy groups -OCH3 is 1. The number of carboxylic acid groups (broad SMARTS) is 1. The van der Waals surface area contributed by atoms with Gasteiger partial charge in [0.2, 0.25) is 0 Å². The summed E-state index contributed by atoms with van der Waals surface area (Å²) in [5, 5.41) is 24.4. The van der Waals surface area contributed by atoms with Crippen LogP contribution in [0.2, 0.25) is 0 Å². The van der Waals surface area contributed by atoms with Gasteiger partial charge in [-0.2, -0.15) is 0 Å². The lowest BCUT2D eigenvalue weighted by molar-refractivity contribution is 0.0688. The van der Waals surface area contributed by atoms with Crippen molar-refractivity contribution in [3.05, 3.63) is 29.1 Å². The number of amidine groups is 1. The predicted molar refractivity (Wildman–Crippen MR) is 51.7 cm³/mol. The van der Waals surface area contributed by atoms with Gasteiger partial charge < -0.3 is 9.84 Å². The Balaban J connectivity index is 3.43. The largest absolute Gasteiger partial charge is 0.496 e. The van der Waals surface area contributed by atoms with Crippen molar-refractivity contribution in [1.82, 2.24) is 5.48 Å². The van der Waals surface area contributed by atoms with Crippen LogP contribution in [-0.4, -0.2) is 29.2 Å². The van der Waals surface area contributed by atoms with Gasteiger partial charge in [0.15, 0.2) is 11.7 Å². The molecule has 0 unspecified atom stereocenters. The molecule has 0 saturated carbocycles. The summed E-state index contributed by atoms with van der Waals surface area (Å²) in [6, 6.07) is 2.33. The zero-order chi connectivity index (χ0) is 12.3. The van der Waals surface area contributed by atoms with Gasteiger partial charge >= 0.3 is 5.97 Å². The van der Waals surface area contributed by atoms with Crippen molar-refractivity contribution in [3.8, 4) is 5.75 Å². The van der Waals surface area contributed by atoms with Crippen LogP contribution >= 0.6 is 0 Å². The molecule has 16 heavy (non-hydrogen) atoms. The Labute approximate surface area is 89.7 Å². The number of hydroxylamine groups is 1. The summed E-state index contributed by atoms with van der Waals surface area (Å²) in [6.45, 7) is 0. The van der Waals surface area contributed by atoms with Crippen LogP contribution in [-0.2, 0) is 0 Å². The summed E-state index contributed by atoms with van der Waals surface area (Å²) in [5.41, 5.74) is 0.394. The van der Waals surface area contributed by atoms with Crippen LogP contribution in [0, 0.1) is 11.2 Å². The molecule has 0 atom stereocenters. The van der Waals surface area contributed by atoms with E-state index in [1.54, 1.807) is 0 Å². The number of rotatable bonds is 3. The van der Waals surface area contributed by atoms with E-state index >= 15 is 0 Å². The maximum atomic E-state index is 13.7. The fraction of sp³-hybridized carbons (Fsp3) is 0.111. The molecule has 0 bridgehead atoms. The van der Waals surface area contributed by atoms with Crippen molar-refractivity contribution in [1.29, 1.82) is 5.41 Å². The first-order valence-corrected chi connectivity index (χ1v) is 4.11. The van der Waals surface area contributed by atoms with Crippen LogP contribution in [0.3, 0.4) is 0 Å². The fourth-order valence-electron chi connectivity index (χ4n) is 1.18. The van der Waals surface area contributed by atoms with E-state index in [1.165, 1.54) is 18.7 Å². The molecule has 0 fully saturated rings. The number of hydrogen-bond acceptors (Lipinski definition) is 4. The van der Waals surface area contributed by atoms with Gasteiger partial charge in [0.25, 0.3) is 0 Å². The summed E-state index contributed by atoms with van der Waals surface area (Å²) in [4.78, 5) is 10.8. The molecule has 4 N–H and O–H groups in total. The van der Waals surface area contributed by atoms with Crippen LogP contribution in [0.4, 0.5) is 4.39 Å². The molecular formula is C9H9FN2O4. The van der Waals surface area contributed by atoms with Crippen LogP contribution < -0.4 is 10.2 Å². The summed E-state index contributed by atoms with van der Waals surface area (Å²) >= 11 is 0. The Morgan fingerprint density at radius 1 is 1.56 bits per heavy atom. The molecule has 1 aromatic carbocycles. The van der Waals surface area contributed by atoms with E-state index in [0.29, 0.717) is 0 Å². The standard InChI is InChI=1S/C9H9FN2O4/c1-16-5-3-2-4(8(11)12-15)7(10)6(5)9(13)14/h2-3,15H,1H3,(H2,11,12)(H,13,14). The minimum Gasteiger partial charge on any atom is -0.496 e. The second-order valence-electron chi connectivity index (χ2n) is 2.80. The van der Waals surface area contributed by atoms with Gasteiger partial charge in [0.05, 0.1) is 12.7 Å². The Morgan fingerprint density at radius 2 is 2.19 bits per heavy atom. The van der Waals surface area contributed by atoms with Crippen LogP contribution in [0.5, 0.6) is 5.75 Å². The zero-order valence-electron chi connectivity index (χ0n) is 8.24. The quantitative estimate of drug-likeness (QED) is 0.348. The maximum absolute atomic E-state index is 13.7. The predicted octanol–water partition coefficient (Wildman–Crippen LogP) is 0.837. The van der Waals surface area contributed by atoms with Crippen molar-refractivity contribution in [2.75, 3.05) is 7.11 Å². The normalized spacial score (nSPS) is 9.69. The molecule has 86 valence electrons. The number of aromatic carboxylic acids is 1. The monoisotopic (exact) mass is 228 g/mol. The molecule has 0 aliphatic heterocycles. The first kappa shape index (κ1) is 11.9. The van der Waals surface area contributed by atoms with E-state index in [0.717, 1.165) is 6.07 Å². The topological polar surface area (TPSA) is 103 Å². The van der Waals surface area contributed by atoms with E-state index < -0.39 is 23.2 Å². The third-order valence-corrected chi connectivity index (χ3v) is 1.92. The number of carboxylic acids is 1. The maximum Gasteiger partial charge on any atom is 0.342 e. The highest BCUT2D eigenvalue weighted by atomic mass is 19.1. The Hall–Kier alpha value is -2.15. The number of hydrogen-bond donors (Lipinski definition) is 4. The van der Waals surface area contributed by atoms with Gasteiger partial charge in [-0.05, 0) is 12.1 Å². The smallest absolute Gasteiger partial charge is 0.342 e. The average Bonchev–Trinajstić information content (AvgIpc) is 2.26.